The minimum absolute atomic E-state index is 0.526. The normalized spacial score (nSPS) is 10.5. The van der Waals surface area contributed by atoms with Crippen molar-refractivity contribution in [1.29, 1.82) is 0 Å². The van der Waals surface area contributed by atoms with Crippen molar-refractivity contribution in [3.05, 3.63) is 76.2 Å². The molecule has 0 saturated carbocycles. The van der Waals surface area contributed by atoms with E-state index in [0.29, 0.717) is 21.5 Å². The average Bonchev–Trinajstić information content (AvgIpc) is 3.10. The summed E-state index contributed by atoms with van der Waals surface area (Å²) in [6, 6.07) is 11.1. The van der Waals surface area contributed by atoms with Crippen molar-refractivity contribution < 1.29 is 4.74 Å². The zero-order valence-electron chi connectivity index (χ0n) is 14.3. The van der Waals surface area contributed by atoms with Gasteiger partial charge >= 0.3 is 0 Å². The van der Waals surface area contributed by atoms with Crippen molar-refractivity contribution in [1.82, 2.24) is 15.0 Å². The number of benzene rings is 1. The van der Waals surface area contributed by atoms with Crippen LogP contribution in [0.1, 0.15) is 11.1 Å². The molecule has 1 aromatic carbocycles. The largest absolute Gasteiger partial charge is 0.481 e. The quantitative estimate of drug-likeness (QED) is 0.467. The van der Waals surface area contributed by atoms with Crippen LogP contribution in [0, 0.1) is 11.8 Å². The van der Waals surface area contributed by atoms with E-state index < -0.39 is 0 Å². The van der Waals surface area contributed by atoms with E-state index in [1.165, 1.54) is 0 Å². The van der Waals surface area contributed by atoms with Gasteiger partial charge in [-0.25, -0.2) is 9.97 Å². The third kappa shape index (κ3) is 3.48. The van der Waals surface area contributed by atoms with Crippen LogP contribution in [-0.2, 0) is 0 Å². The van der Waals surface area contributed by atoms with Gasteiger partial charge in [-0.2, -0.15) is 0 Å². The molecule has 0 radical (unpaired) electrons. The van der Waals surface area contributed by atoms with Gasteiger partial charge in [0.05, 0.1) is 28.3 Å². The Morgan fingerprint density at radius 1 is 0.963 bits per heavy atom. The number of rotatable bonds is 2. The first kappa shape index (κ1) is 17.4. The average molecular weight is 394 g/mol. The van der Waals surface area contributed by atoms with Gasteiger partial charge in [0, 0.05) is 41.2 Å². The van der Waals surface area contributed by atoms with Gasteiger partial charge in [-0.3, -0.25) is 0 Å². The SMILES string of the molecule is COc1ccc(-c2cnc3[nH]cc(C#Cc4c(Cl)cccc4Cl)c3c2)cn1. The minimum Gasteiger partial charge on any atom is -0.481 e. The zero-order valence-corrected chi connectivity index (χ0v) is 15.8. The topological polar surface area (TPSA) is 50.8 Å². The Morgan fingerprint density at radius 3 is 2.44 bits per heavy atom. The second-order valence-corrected chi connectivity index (χ2v) is 6.57. The Balaban J connectivity index is 1.76. The maximum atomic E-state index is 6.19. The molecule has 4 nitrogen and oxygen atoms in total. The first-order valence-corrected chi connectivity index (χ1v) is 8.85. The van der Waals surface area contributed by atoms with Crippen LogP contribution in [0.3, 0.4) is 0 Å². The molecule has 0 aliphatic heterocycles. The van der Waals surface area contributed by atoms with Crippen molar-refractivity contribution in [3.63, 3.8) is 0 Å². The number of methoxy groups -OCH3 is 1. The van der Waals surface area contributed by atoms with Gasteiger partial charge in [0.15, 0.2) is 0 Å². The number of ether oxygens (including phenoxy) is 1. The second kappa shape index (κ2) is 7.32. The summed E-state index contributed by atoms with van der Waals surface area (Å²) < 4.78 is 5.10. The van der Waals surface area contributed by atoms with Gasteiger partial charge in [-0.1, -0.05) is 41.1 Å². The highest BCUT2D eigenvalue weighted by Crippen LogP contribution is 2.26. The van der Waals surface area contributed by atoms with E-state index in [1.54, 1.807) is 37.7 Å². The van der Waals surface area contributed by atoms with Gasteiger partial charge in [-0.05, 0) is 24.3 Å². The number of pyridine rings is 2. The number of aromatic nitrogens is 3. The summed E-state index contributed by atoms with van der Waals surface area (Å²) in [6.45, 7) is 0. The minimum atomic E-state index is 0.526. The second-order valence-electron chi connectivity index (χ2n) is 5.76. The van der Waals surface area contributed by atoms with E-state index in [1.807, 2.05) is 24.4 Å². The Labute approximate surface area is 166 Å². The lowest BCUT2D eigenvalue weighted by atomic mass is 10.1. The van der Waals surface area contributed by atoms with Crippen molar-refractivity contribution in [2.45, 2.75) is 0 Å². The lowest BCUT2D eigenvalue weighted by Crippen LogP contribution is -1.88. The lowest BCUT2D eigenvalue weighted by molar-refractivity contribution is 0.398. The number of hydrogen-bond acceptors (Lipinski definition) is 3. The van der Waals surface area contributed by atoms with E-state index in [9.17, 15) is 0 Å². The van der Waals surface area contributed by atoms with E-state index in [4.69, 9.17) is 27.9 Å². The lowest BCUT2D eigenvalue weighted by Gasteiger charge is -2.03. The first-order chi connectivity index (χ1) is 13.2. The summed E-state index contributed by atoms with van der Waals surface area (Å²) in [7, 11) is 1.59. The Morgan fingerprint density at radius 2 is 1.74 bits per heavy atom. The van der Waals surface area contributed by atoms with Crippen LogP contribution >= 0.6 is 23.2 Å². The molecule has 4 aromatic rings. The molecule has 1 N–H and O–H groups in total. The molecule has 0 saturated heterocycles. The predicted molar refractivity (Wildman–Crippen MR) is 108 cm³/mol. The monoisotopic (exact) mass is 393 g/mol. The smallest absolute Gasteiger partial charge is 0.212 e. The van der Waals surface area contributed by atoms with Crippen LogP contribution in [0.5, 0.6) is 5.88 Å². The standard InChI is InChI=1S/C21H13Cl2N3O/c1-27-20-8-6-13(10-24-20)15-9-17-14(11-25-21(17)26-12-15)5-7-16-18(22)3-2-4-19(16)23/h2-4,6,8-12H,1H3,(H,25,26). The van der Waals surface area contributed by atoms with E-state index in [0.717, 1.165) is 27.7 Å². The fourth-order valence-electron chi connectivity index (χ4n) is 2.68. The van der Waals surface area contributed by atoms with Crippen LogP contribution in [0.4, 0.5) is 0 Å². The summed E-state index contributed by atoms with van der Waals surface area (Å²) in [6.07, 6.45) is 5.37. The molecule has 0 aliphatic carbocycles. The first-order valence-electron chi connectivity index (χ1n) is 8.09. The van der Waals surface area contributed by atoms with Crippen LogP contribution < -0.4 is 4.74 Å². The number of nitrogens with one attached hydrogen (secondary N) is 1. The molecule has 3 aromatic heterocycles. The summed E-state index contributed by atoms with van der Waals surface area (Å²) >= 11 is 12.4. The molecule has 6 heteroatoms. The van der Waals surface area contributed by atoms with Gasteiger partial charge in [-0.15, -0.1) is 0 Å². The Bertz CT molecular complexity index is 1170. The number of halogens is 2. The van der Waals surface area contributed by atoms with Crippen LogP contribution in [0.25, 0.3) is 22.2 Å². The van der Waals surface area contributed by atoms with Crippen molar-refractivity contribution >= 4 is 34.2 Å². The fraction of sp³-hybridized carbons (Fsp3) is 0.0476. The van der Waals surface area contributed by atoms with E-state index >= 15 is 0 Å². The number of H-pyrrole nitrogens is 1. The van der Waals surface area contributed by atoms with Gasteiger partial charge in [0.1, 0.15) is 5.65 Å². The highest BCUT2D eigenvalue weighted by molar-refractivity contribution is 6.36. The Hall–Kier alpha value is -3.00. The third-order valence-electron chi connectivity index (χ3n) is 4.09. The summed E-state index contributed by atoms with van der Waals surface area (Å²) in [5, 5.41) is 1.97. The van der Waals surface area contributed by atoms with Crippen LogP contribution in [-0.4, -0.2) is 22.1 Å². The molecule has 132 valence electrons. The molecule has 0 aliphatic rings. The molecule has 0 fully saturated rings. The molecule has 0 spiro atoms. The van der Waals surface area contributed by atoms with Gasteiger partial charge in [0.2, 0.25) is 5.88 Å². The van der Waals surface area contributed by atoms with Gasteiger partial charge in [0.25, 0.3) is 0 Å². The van der Waals surface area contributed by atoms with Gasteiger partial charge < -0.3 is 9.72 Å². The maximum absolute atomic E-state index is 6.19. The molecular formula is C21H13Cl2N3O. The van der Waals surface area contributed by atoms with E-state index in [-0.39, 0.29) is 0 Å². The molecule has 0 amide bonds. The summed E-state index contributed by atoms with van der Waals surface area (Å²) in [4.78, 5) is 11.9. The third-order valence-corrected chi connectivity index (χ3v) is 4.72. The molecule has 27 heavy (non-hydrogen) atoms. The maximum Gasteiger partial charge on any atom is 0.212 e. The van der Waals surface area contributed by atoms with E-state index in [2.05, 4.69) is 26.8 Å². The van der Waals surface area contributed by atoms with Crippen LogP contribution in [0.2, 0.25) is 10.0 Å². The summed E-state index contributed by atoms with van der Waals surface area (Å²) in [5.41, 5.74) is 4.07. The summed E-state index contributed by atoms with van der Waals surface area (Å²) in [5.74, 6) is 6.76. The Kier molecular flexibility index (Phi) is 4.72. The van der Waals surface area contributed by atoms with Crippen molar-refractivity contribution in [2.75, 3.05) is 7.11 Å². The predicted octanol–water partition coefficient (Wildman–Crippen LogP) is 5.34. The highest BCUT2D eigenvalue weighted by Gasteiger charge is 2.07. The molecular weight excluding hydrogens is 381 g/mol. The molecule has 0 bridgehead atoms. The highest BCUT2D eigenvalue weighted by atomic mass is 35.5. The molecule has 0 unspecified atom stereocenters. The number of fused-ring (bicyclic) bond motifs is 1. The van der Waals surface area contributed by atoms with Crippen molar-refractivity contribution in [3.8, 4) is 28.8 Å². The number of aromatic amines is 1. The number of nitrogens with zero attached hydrogens (tertiary/aromatic N) is 2. The fourth-order valence-corrected chi connectivity index (χ4v) is 3.18. The van der Waals surface area contributed by atoms with Crippen molar-refractivity contribution in [2.24, 2.45) is 0 Å². The number of hydrogen-bond donors (Lipinski definition) is 1. The molecule has 0 atom stereocenters. The molecule has 4 rings (SSSR count). The molecule has 3 heterocycles. The zero-order chi connectivity index (χ0) is 18.8. The van der Waals surface area contributed by atoms with Crippen LogP contribution in [0.15, 0.2) is 55.0 Å².